The third-order valence-corrected chi connectivity index (χ3v) is 5.51. The number of aromatic nitrogens is 2. The summed E-state index contributed by atoms with van der Waals surface area (Å²) in [5.74, 6) is -0.672. The Balaban J connectivity index is 1.78. The maximum atomic E-state index is 13.3. The van der Waals surface area contributed by atoms with E-state index in [1.165, 1.54) is 12.1 Å². The average Bonchev–Trinajstić information content (AvgIpc) is 2.69. The molecule has 4 nitrogen and oxygen atoms in total. The molecule has 0 unspecified atom stereocenters. The molecule has 3 rings (SSSR count). The monoisotopic (exact) mass is 491 g/mol. The van der Waals surface area contributed by atoms with E-state index in [0.29, 0.717) is 21.3 Å². The van der Waals surface area contributed by atoms with Gasteiger partial charge in [0.1, 0.15) is 5.69 Å². The summed E-state index contributed by atoms with van der Waals surface area (Å²) in [5, 5.41) is 3.43. The van der Waals surface area contributed by atoms with E-state index in [1.54, 1.807) is 30.3 Å². The van der Waals surface area contributed by atoms with Gasteiger partial charge in [-0.1, -0.05) is 58.7 Å². The summed E-state index contributed by atoms with van der Waals surface area (Å²) in [6.45, 7) is 0. The van der Waals surface area contributed by atoms with E-state index in [-0.39, 0.29) is 21.6 Å². The Kier molecular flexibility index (Phi) is 7.13. The molecule has 0 aliphatic heterocycles. The molecular weight excluding hydrogens is 482 g/mol. The van der Waals surface area contributed by atoms with Crippen molar-refractivity contribution in [2.75, 3.05) is 11.1 Å². The van der Waals surface area contributed by atoms with Crippen molar-refractivity contribution in [3.63, 3.8) is 0 Å². The summed E-state index contributed by atoms with van der Waals surface area (Å²) in [4.78, 5) is 19.8. The lowest BCUT2D eigenvalue weighted by atomic mass is 10.1. The summed E-state index contributed by atoms with van der Waals surface area (Å²) in [6.07, 6.45) is -4.66. The van der Waals surface area contributed by atoms with Gasteiger partial charge in [0.05, 0.1) is 21.5 Å². The van der Waals surface area contributed by atoms with Crippen LogP contribution in [-0.4, -0.2) is 21.6 Å². The van der Waals surface area contributed by atoms with E-state index in [0.717, 1.165) is 17.8 Å². The number of carbonyl (C=O) groups is 1. The number of benzene rings is 2. The molecule has 1 N–H and O–H groups in total. The molecule has 3 aromatic rings. The van der Waals surface area contributed by atoms with E-state index >= 15 is 0 Å². The quantitative estimate of drug-likeness (QED) is 0.312. The predicted octanol–water partition coefficient (Wildman–Crippen LogP) is 6.85. The summed E-state index contributed by atoms with van der Waals surface area (Å²) < 4.78 is 39.8. The van der Waals surface area contributed by atoms with Crippen LogP contribution in [0.1, 0.15) is 5.69 Å². The summed E-state index contributed by atoms with van der Waals surface area (Å²) in [6, 6.07) is 11.6. The van der Waals surface area contributed by atoms with Crippen LogP contribution >= 0.6 is 46.6 Å². The molecular formula is C19H11Cl3F3N3OS. The van der Waals surface area contributed by atoms with Gasteiger partial charge in [-0.2, -0.15) is 13.2 Å². The first-order valence-electron chi connectivity index (χ1n) is 8.22. The lowest BCUT2D eigenvalue weighted by molar-refractivity contribution is -0.141. The first-order chi connectivity index (χ1) is 14.1. The lowest BCUT2D eigenvalue weighted by Gasteiger charge is -2.11. The van der Waals surface area contributed by atoms with Crippen molar-refractivity contribution in [3.8, 4) is 11.3 Å². The number of thioether (sulfide) groups is 1. The highest BCUT2D eigenvalue weighted by molar-refractivity contribution is 7.99. The van der Waals surface area contributed by atoms with Crippen LogP contribution in [-0.2, 0) is 11.0 Å². The van der Waals surface area contributed by atoms with Crippen LogP contribution in [0.3, 0.4) is 0 Å². The SMILES string of the molecule is O=C(CSc1nc(-c2ccc(Cl)cc2)cc(C(F)(F)F)n1)Nc1ccc(Cl)c(Cl)c1. The Labute approximate surface area is 188 Å². The minimum Gasteiger partial charge on any atom is -0.325 e. The van der Waals surface area contributed by atoms with Crippen LogP contribution in [0, 0.1) is 0 Å². The minimum absolute atomic E-state index is 0.0707. The van der Waals surface area contributed by atoms with Gasteiger partial charge in [0.2, 0.25) is 5.91 Å². The number of carbonyl (C=O) groups excluding carboxylic acids is 1. The van der Waals surface area contributed by atoms with Crippen LogP contribution in [0.5, 0.6) is 0 Å². The van der Waals surface area contributed by atoms with Gasteiger partial charge < -0.3 is 5.32 Å². The maximum Gasteiger partial charge on any atom is 0.433 e. The Hall–Kier alpha value is -2.00. The zero-order valence-electron chi connectivity index (χ0n) is 14.8. The first-order valence-corrected chi connectivity index (χ1v) is 10.3. The molecule has 0 bridgehead atoms. The Morgan fingerprint density at radius 1 is 0.967 bits per heavy atom. The highest BCUT2D eigenvalue weighted by atomic mass is 35.5. The van der Waals surface area contributed by atoms with Crippen LogP contribution < -0.4 is 5.32 Å². The van der Waals surface area contributed by atoms with Gasteiger partial charge in [0, 0.05) is 16.3 Å². The molecule has 0 fully saturated rings. The fraction of sp³-hybridized carbons (Fsp3) is 0.105. The van der Waals surface area contributed by atoms with E-state index in [2.05, 4.69) is 15.3 Å². The van der Waals surface area contributed by atoms with E-state index in [4.69, 9.17) is 34.8 Å². The van der Waals surface area contributed by atoms with Crippen molar-refractivity contribution in [1.29, 1.82) is 0 Å². The molecule has 11 heteroatoms. The van der Waals surface area contributed by atoms with Gasteiger partial charge in [-0.25, -0.2) is 9.97 Å². The number of nitrogens with zero attached hydrogens (tertiary/aromatic N) is 2. The van der Waals surface area contributed by atoms with Crippen molar-refractivity contribution in [2.45, 2.75) is 11.3 Å². The topological polar surface area (TPSA) is 54.9 Å². The van der Waals surface area contributed by atoms with Gasteiger partial charge in [0.15, 0.2) is 5.16 Å². The third kappa shape index (κ3) is 6.01. The van der Waals surface area contributed by atoms with Crippen molar-refractivity contribution >= 4 is 58.2 Å². The molecule has 0 aliphatic rings. The molecule has 0 aliphatic carbocycles. The Morgan fingerprint density at radius 2 is 1.67 bits per heavy atom. The summed E-state index contributed by atoms with van der Waals surface area (Å²) in [7, 11) is 0. The number of halogens is 6. The number of hydrogen-bond donors (Lipinski definition) is 1. The first kappa shape index (κ1) is 22.7. The van der Waals surface area contributed by atoms with Gasteiger partial charge in [0.25, 0.3) is 0 Å². The van der Waals surface area contributed by atoms with Gasteiger partial charge in [-0.15, -0.1) is 0 Å². The molecule has 0 spiro atoms. The predicted molar refractivity (Wildman–Crippen MR) is 113 cm³/mol. The molecule has 0 saturated heterocycles. The second kappa shape index (κ2) is 9.43. The third-order valence-electron chi connectivity index (χ3n) is 3.67. The molecule has 2 aromatic carbocycles. The molecule has 1 heterocycles. The molecule has 0 radical (unpaired) electrons. The fourth-order valence-electron chi connectivity index (χ4n) is 2.30. The number of alkyl halides is 3. The largest absolute Gasteiger partial charge is 0.433 e. The van der Waals surface area contributed by atoms with Crippen molar-refractivity contribution in [1.82, 2.24) is 9.97 Å². The van der Waals surface area contributed by atoms with Gasteiger partial charge in [-0.05, 0) is 36.4 Å². The molecule has 0 saturated carbocycles. The van der Waals surface area contributed by atoms with Gasteiger partial charge >= 0.3 is 6.18 Å². The minimum atomic E-state index is -4.66. The van der Waals surface area contributed by atoms with E-state index in [9.17, 15) is 18.0 Å². The van der Waals surface area contributed by atoms with Crippen molar-refractivity contribution in [3.05, 3.63) is 69.3 Å². The maximum absolute atomic E-state index is 13.3. The Bertz CT molecular complexity index is 1080. The molecule has 1 aromatic heterocycles. The fourth-order valence-corrected chi connectivity index (χ4v) is 3.39. The molecule has 156 valence electrons. The van der Waals surface area contributed by atoms with Crippen LogP contribution in [0.2, 0.25) is 15.1 Å². The number of rotatable bonds is 5. The zero-order chi connectivity index (χ0) is 21.9. The molecule has 30 heavy (non-hydrogen) atoms. The number of hydrogen-bond acceptors (Lipinski definition) is 4. The van der Waals surface area contributed by atoms with Crippen molar-refractivity contribution < 1.29 is 18.0 Å². The van der Waals surface area contributed by atoms with Gasteiger partial charge in [-0.3, -0.25) is 4.79 Å². The van der Waals surface area contributed by atoms with E-state index in [1.807, 2.05) is 0 Å². The standard InChI is InChI=1S/C19H11Cl3F3N3OS/c20-11-3-1-10(2-4-11)15-8-16(19(23,24)25)28-18(27-15)30-9-17(29)26-12-5-6-13(21)14(22)7-12/h1-8H,9H2,(H,26,29). The van der Waals surface area contributed by atoms with Crippen LogP contribution in [0.15, 0.2) is 53.7 Å². The highest BCUT2D eigenvalue weighted by Crippen LogP contribution is 2.32. The smallest absolute Gasteiger partial charge is 0.325 e. The lowest BCUT2D eigenvalue weighted by Crippen LogP contribution is -2.15. The van der Waals surface area contributed by atoms with Crippen LogP contribution in [0.4, 0.5) is 18.9 Å². The number of amides is 1. The second-order valence-corrected chi connectivity index (χ2v) is 8.08. The highest BCUT2D eigenvalue weighted by Gasteiger charge is 2.34. The number of nitrogens with one attached hydrogen (secondary N) is 1. The normalized spacial score (nSPS) is 11.4. The zero-order valence-corrected chi connectivity index (χ0v) is 17.9. The summed E-state index contributed by atoms with van der Waals surface area (Å²) in [5.41, 5.74) is -0.188. The molecule has 1 amide bonds. The van der Waals surface area contributed by atoms with Crippen LogP contribution in [0.25, 0.3) is 11.3 Å². The molecule has 0 atom stereocenters. The summed E-state index contributed by atoms with van der Waals surface area (Å²) >= 11 is 18.3. The average molecular weight is 493 g/mol. The number of anilines is 1. The van der Waals surface area contributed by atoms with Crippen molar-refractivity contribution in [2.24, 2.45) is 0 Å². The Morgan fingerprint density at radius 3 is 2.30 bits per heavy atom. The second-order valence-electron chi connectivity index (χ2n) is 5.89. The van der Waals surface area contributed by atoms with E-state index < -0.39 is 17.8 Å².